The summed E-state index contributed by atoms with van der Waals surface area (Å²) in [5, 5.41) is 10.3. The Balaban J connectivity index is 1.68. The third-order valence-corrected chi connectivity index (χ3v) is 4.60. The highest BCUT2D eigenvalue weighted by Gasteiger charge is 2.20. The first-order valence-corrected chi connectivity index (χ1v) is 7.83. The van der Waals surface area contributed by atoms with E-state index in [0.717, 1.165) is 0 Å². The molecule has 0 atom stereocenters. The van der Waals surface area contributed by atoms with Crippen molar-refractivity contribution in [3.63, 3.8) is 0 Å². The van der Waals surface area contributed by atoms with Crippen LogP contribution in [0, 0.1) is 0 Å². The Morgan fingerprint density at radius 2 is 1.82 bits per heavy atom. The highest BCUT2D eigenvalue weighted by molar-refractivity contribution is 7.92. The number of fused-ring (bicyclic) bond motifs is 2. The Bertz CT molecular complexity index is 967. The maximum absolute atomic E-state index is 12.4. The van der Waals surface area contributed by atoms with Gasteiger partial charge in [-0.1, -0.05) is 0 Å². The fourth-order valence-electron chi connectivity index (χ4n) is 2.16. The Labute approximate surface area is 125 Å². The SMILES string of the molecule is O=S(=O)(Nc1ccc2n[nH]nc2c1)c1ccc2c(c1)OCO2. The van der Waals surface area contributed by atoms with Crippen LogP contribution in [0.1, 0.15) is 0 Å². The number of sulfonamides is 1. The number of H-pyrrole nitrogens is 1. The maximum Gasteiger partial charge on any atom is 0.262 e. The molecule has 3 aromatic rings. The molecule has 1 aliphatic heterocycles. The molecule has 4 rings (SSSR count). The highest BCUT2D eigenvalue weighted by Crippen LogP contribution is 2.34. The lowest BCUT2D eigenvalue weighted by Crippen LogP contribution is -2.12. The summed E-state index contributed by atoms with van der Waals surface area (Å²) in [5.74, 6) is 0.942. The molecule has 9 heteroatoms. The molecule has 22 heavy (non-hydrogen) atoms. The van der Waals surface area contributed by atoms with E-state index in [9.17, 15) is 8.42 Å². The predicted molar refractivity (Wildman–Crippen MR) is 77.3 cm³/mol. The minimum atomic E-state index is -3.73. The standard InChI is InChI=1S/C13H10N4O4S/c18-22(19,9-2-4-12-13(6-9)21-7-20-12)16-8-1-3-10-11(5-8)15-17-14-10/h1-6,16H,7H2,(H,14,15,17). The number of benzene rings is 2. The molecule has 0 aliphatic carbocycles. The van der Waals surface area contributed by atoms with Gasteiger partial charge >= 0.3 is 0 Å². The van der Waals surface area contributed by atoms with E-state index in [1.54, 1.807) is 24.3 Å². The van der Waals surface area contributed by atoms with Crippen molar-refractivity contribution in [2.75, 3.05) is 11.5 Å². The fourth-order valence-corrected chi connectivity index (χ4v) is 3.23. The zero-order valence-electron chi connectivity index (χ0n) is 11.1. The van der Waals surface area contributed by atoms with Crippen molar-refractivity contribution < 1.29 is 17.9 Å². The van der Waals surface area contributed by atoms with Crippen molar-refractivity contribution >= 4 is 26.7 Å². The van der Waals surface area contributed by atoms with E-state index in [2.05, 4.69) is 20.1 Å². The second-order valence-corrected chi connectivity index (χ2v) is 6.33. The molecule has 0 amide bonds. The molecule has 8 nitrogen and oxygen atoms in total. The molecule has 1 aromatic heterocycles. The quantitative estimate of drug-likeness (QED) is 0.758. The van der Waals surface area contributed by atoms with E-state index in [1.165, 1.54) is 12.1 Å². The summed E-state index contributed by atoms with van der Waals surface area (Å²) < 4.78 is 37.7. The van der Waals surface area contributed by atoms with Crippen molar-refractivity contribution in [2.45, 2.75) is 4.90 Å². The number of hydrogen-bond donors (Lipinski definition) is 2. The minimum Gasteiger partial charge on any atom is -0.454 e. The molecule has 0 saturated heterocycles. The summed E-state index contributed by atoms with van der Waals surface area (Å²) >= 11 is 0. The van der Waals surface area contributed by atoms with Gasteiger partial charge in [0.1, 0.15) is 11.0 Å². The van der Waals surface area contributed by atoms with Gasteiger partial charge in [-0.25, -0.2) is 8.42 Å². The van der Waals surface area contributed by atoms with E-state index in [4.69, 9.17) is 9.47 Å². The third-order valence-electron chi connectivity index (χ3n) is 3.22. The van der Waals surface area contributed by atoms with Crippen LogP contribution in [0.3, 0.4) is 0 Å². The molecular formula is C13H10N4O4S. The topological polar surface area (TPSA) is 106 Å². The largest absolute Gasteiger partial charge is 0.454 e. The Hall–Kier alpha value is -2.81. The van der Waals surface area contributed by atoms with E-state index in [-0.39, 0.29) is 11.7 Å². The van der Waals surface area contributed by atoms with Crippen LogP contribution in [-0.2, 0) is 10.0 Å². The molecule has 2 heterocycles. The average molecular weight is 318 g/mol. The molecule has 2 aromatic carbocycles. The van der Waals surface area contributed by atoms with Crippen LogP contribution in [0.15, 0.2) is 41.3 Å². The van der Waals surface area contributed by atoms with Crippen molar-refractivity contribution in [3.8, 4) is 11.5 Å². The van der Waals surface area contributed by atoms with E-state index < -0.39 is 10.0 Å². The van der Waals surface area contributed by atoms with Crippen molar-refractivity contribution in [1.82, 2.24) is 15.4 Å². The maximum atomic E-state index is 12.4. The molecule has 0 unspecified atom stereocenters. The van der Waals surface area contributed by atoms with Gasteiger partial charge in [0.05, 0.1) is 10.6 Å². The monoisotopic (exact) mass is 318 g/mol. The summed E-state index contributed by atoms with van der Waals surface area (Å²) in [6, 6.07) is 9.36. The van der Waals surface area contributed by atoms with Crippen molar-refractivity contribution in [1.29, 1.82) is 0 Å². The second-order valence-electron chi connectivity index (χ2n) is 4.65. The van der Waals surface area contributed by atoms with Crippen LogP contribution < -0.4 is 14.2 Å². The van der Waals surface area contributed by atoms with Crippen LogP contribution in [-0.4, -0.2) is 30.6 Å². The van der Waals surface area contributed by atoms with Crippen LogP contribution in [0.4, 0.5) is 5.69 Å². The summed E-state index contributed by atoms with van der Waals surface area (Å²) in [4.78, 5) is 0.0944. The molecule has 2 N–H and O–H groups in total. The number of aromatic nitrogens is 3. The summed E-state index contributed by atoms with van der Waals surface area (Å²) in [7, 11) is -3.73. The zero-order valence-corrected chi connectivity index (χ0v) is 11.9. The van der Waals surface area contributed by atoms with Crippen LogP contribution >= 0.6 is 0 Å². The minimum absolute atomic E-state index is 0.0924. The molecular weight excluding hydrogens is 308 g/mol. The van der Waals surface area contributed by atoms with Crippen molar-refractivity contribution in [3.05, 3.63) is 36.4 Å². The van der Waals surface area contributed by atoms with E-state index in [1.807, 2.05) is 0 Å². The molecule has 0 saturated carbocycles. The lowest BCUT2D eigenvalue weighted by Gasteiger charge is -2.08. The molecule has 0 bridgehead atoms. The number of rotatable bonds is 3. The van der Waals surface area contributed by atoms with Gasteiger partial charge < -0.3 is 9.47 Å². The average Bonchev–Trinajstić information content (AvgIpc) is 3.14. The van der Waals surface area contributed by atoms with Crippen molar-refractivity contribution in [2.24, 2.45) is 0 Å². The first kappa shape index (κ1) is 12.9. The van der Waals surface area contributed by atoms with Gasteiger partial charge in [0.2, 0.25) is 6.79 Å². The van der Waals surface area contributed by atoms with Gasteiger partial charge in [-0.05, 0) is 30.3 Å². The summed E-state index contributed by atoms with van der Waals surface area (Å²) in [6.07, 6.45) is 0. The first-order chi connectivity index (χ1) is 10.6. The molecule has 0 fully saturated rings. The van der Waals surface area contributed by atoms with Crippen LogP contribution in [0.2, 0.25) is 0 Å². The van der Waals surface area contributed by atoms with E-state index in [0.29, 0.717) is 28.2 Å². The van der Waals surface area contributed by atoms with Gasteiger partial charge in [0.25, 0.3) is 10.0 Å². The Morgan fingerprint density at radius 1 is 1.00 bits per heavy atom. The molecule has 112 valence electrons. The Morgan fingerprint density at radius 3 is 2.73 bits per heavy atom. The first-order valence-electron chi connectivity index (χ1n) is 6.35. The molecule has 0 spiro atoms. The van der Waals surface area contributed by atoms with Crippen LogP contribution in [0.25, 0.3) is 11.0 Å². The highest BCUT2D eigenvalue weighted by atomic mass is 32.2. The molecule has 1 aliphatic rings. The van der Waals surface area contributed by atoms with Crippen LogP contribution in [0.5, 0.6) is 11.5 Å². The summed E-state index contributed by atoms with van der Waals surface area (Å²) in [6.45, 7) is 0.0924. The third kappa shape index (κ3) is 2.11. The number of anilines is 1. The number of nitrogens with one attached hydrogen (secondary N) is 2. The lowest BCUT2D eigenvalue weighted by molar-refractivity contribution is 0.174. The van der Waals surface area contributed by atoms with Gasteiger partial charge in [0, 0.05) is 6.07 Å². The smallest absolute Gasteiger partial charge is 0.262 e. The summed E-state index contributed by atoms with van der Waals surface area (Å²) in [5.41, 5.74) is 1.64. The van der Waals surface area contributed by atoms with Gasteiger partial charge in [-0.3, -0.25) is 4.72 Å². The number of ether oxygens (including phenoxy) is 2. The Kier molecular flexibility index (Phi) is 2.70. The normalized spacial score (nSPS) is 13.5. The van der Waals surface area contributed by atoms with E-state index >= 15 is 0 Å². The van der Waals surface area contributed by atoms with Gasteiger partial charge in [-0.15, -0.1) is 0 Å². The number of hydrogen-bond acceptors (Lipinski definition) is 6. The van der Waals surface area contributed by atoms with Gasteiger partial charge in [0.15, 0.2) is 11.5 Å². The predicted octanol–water partition coefficient (Wildman–Crippen LogP) is 1.49. The second kappa shape index (κ2) is 4.60. The number of aromatic amines is 1. The lowest BCUT2D eigenvalue weighted by atomic mass is 10.3. The van der Waals surface area contributed by atoms with Gasteiger partial charge in [-0.2, -0.15) is 15.4 Å². The zero-order chi connectivity index (χ0) is 15.2. The molecule has 0 radical (unpaired) electrons. The number of nitrogens with zero attached hydrogens (tertiary/aromatic N) is 2. The fraction of sp³-hybridized carbons (Fsp3) is 0.0769.